The molecule has 2 aromatic heterocycles. The quantitative estimate of drug-likeness (QED) is 0.367. The molecule has 35 heavy (non-hydrogen) atoms. The number of amides is 1. The van der Waals surface area contributed by atoms with Gasteiger partial charge in [0.25, 0.3) is 5.91 Å². The Hall–Kier alpha value is -4.43. The normalized spacial score (nSPS) is 13.5. The highest BCUT2D eigenvalue weighted by Gasteiger charge is 2.20. The molecule has 0 fully saturated rings. The molecule has 0 bridgehead atoms. The number of carbonyl (C=O) groups is 2. The lowest BCUT2D eigenvalue weighted by molar-refractivity contribution is -0.113. The standard InChI is InChI=1S/C27H25N5O3/c28-11-12-35-26-8-4-7-23-22(26)14-24(31-23)21-13-20(9-10-25(21)33)30-27(34)19-15-29-32(17-19)16-18-5-2-1-3-6-18/h1-9,13-15,17,31H,10-12,16,28H2,(H,30,34). The number of allylic oxidation sites excluding steroid dienone is 3. The Balaban J connectivity index is 1.33. The highest BCUT2D eigenvalue weighted by molar-refractivity contribution is 6.23. The topological polar surface area (TPSA) is 115 Å². The SMILES string of the molecule is NCCOc1cccc2[nH]c(C3=CC(NC(=O)c4cnn(Cc5ccccc5)c4)=CCC3=O)cc12. The molecule has 0 saturated carbocycles. The van der Waals surface area contributed by atoms with Crippen LogP contribution in [0.1, 0.15) is 28.0 Å². The van der Waals surface area contributed by atoms with Crippen LogP contribution in [0.4, 0.5) is 0 Å². The van der Waals surface area contributed by atoms with Crippen molar-refractivity contribution in [1.82, 2.24) is 20.1 Å². The Kier molecular flexibility index (Phi) is 6.28. The van der Waals surface area contributed by atoms with Crippen LogP contribution in [0, 0.1) is 0 Å². The van der Waals surface area contributed by atoms with Crippen molar-refractivity contribution in [3.63, 3.8) is 0 Å². The minimum absolute atomic E-state index is 0.0327. The first-order chi connectivity index (χ1) is 17.1. The number of nitrogens with one attached hydrogen (secondary N) is 2. The van der Waals surface area contributed by atoms with Gasteiger partial charge < -0.3 is 20.8 Å². The molecule has 0 unspecified atom stereocenters. The third-order valence-electron chi connectivity index (χ3n) is 5.74. The van der Waals surface area contributed by atoms with Gasteiger partial charge in [0.1, 0.15) is 12.4 Å². The Bertz CT molecular complexity index is 1450. The highest BCUT2D eigenvalue weighted by Crippen LogP contribution is 2.31. The van der Waals surface area contributed by atoms with Crippen LogP contribution >= 0.6 is 0 Å². The summed E-state index contributed by atoms with van der Waals surface area (Å²) in [5, 5.41) is 8.06. The molecule has 8 nitrogen and oxygen atoms in total. The van der Waals surface area contributed by atoms with Gasteiger partial charge in [0.15, 0.2) is 5.78 Å². The minimum atomic E-state index is -0.283. The molecule has 0 spiro atoms. The number of H-pyrrole nitrogens is 1. The molecule has 2 aromatic carbocycles. The minimum Gasteiger partial charge on any atom is -0.492 e. The molecule has 1 amide bonds. The molecule has 1 aliphatic carbocycles. The van der Waals surface area contributed by atoms with Crippen LogP contribution in [0.2, 0.25) is 0 Å². The molecule has 0 aliphatic heterocycles. The fraction of sp³-hybridized carbons (Fsp3) is 0.148. The van der Waals surface area contributed by atoms with Gasteiger partial charge >= 0.3 is 0 Å². The fourth-order valence-electron chi connectivity index (χ4n) is 4.03. The maximum absolute atomic E-state index is 12.8. The maximum atomic E-state index is 12.8. The lowest BCUT2D eigenvalue weighted by Gasteiger charge is -2.13. The summed E-state index contributed by atoms with van der Waals surface area (Å²) in [6.07, 6.45) is 6.86. The average molecular weight is 468 g/mol. The van der Waals surface area contributed by atoms with Crippen LogP contribution in [-0.4, -0.2) is 39.6 Å². The zero-order valence-corrected chi connectivity index (χ0v) is 19.0. The van der Waals surface area contributed by atoms with Crippen molar-refractivity contribution < 1.29 is 14.3 Å². The van der Waals surface area contributed by atoms with Crippen LogP contribution in [0.5, 0.6) is 5.75 Å². The number of aromatic amines is 1. The van der Waals surface area contributed by atoms with Crippen LogP contribution in [0.15, 0.2) is 84.8 Å². The first kappa shape index (κ1) is 22.4. The zero-order chi connectivity index (χ0) is 24.2. The summed E-state index contributed by atoms with van der Waals surface area (Å²) in [6.45, 7) is 1.39. The van der Waals surface area contributed by atoms with Gasteiger partial charge in [0.05, 0.1) is 24.0 Å². The van der Waals surface area contributed by atoms with Gasteiger partial charge in [-0.05, 0) is 29.8 Å². The predicted molar refractivity (Wildman–Crippen MR) is 134 cm³/mol. The van der Waals surface area contributed by atoms with E-state index >= 15 is 0 Å². The van der Waals surface area contributed by atoms with Gasteiger partial charge in [-0.3, -0.25) is 14.3 Å². The predicted octanol–water partition coefficient (Wildman–Crippen LogP) is 3.42. The van der Waals surface area contributed by atoms with Crippen molar-refractivity contribution in [3.05, 3.63) is 102 Å². The summed E-state index contributed by atoms with van der Waals surface area (Å²) in [7, 11) is 0. The van der Waals surface area contributed by atoms with E-state index in [1.165, 1.54) is 6.20 Å². The number of Topliss-reactive ketones (excluding diaryl/α,β-unsaturated/α-hetero) is 1. The summed E-state index contributed by atoms with van der Waals surface area (Å²) in [5.41, 5.74) is 9.70. The number of hydrogen-bond acceptors (Lipinski definition) is 5. The second kappa shape index (κ2) is 9.82. The second-order valence-corrected chi connectivity index (χ2v) is 8.25. The van der Waals surface area contributed by atoms with Gasteiger partial charge in [0, 0.05) is 41.3 Å². The number of benzene rings is 2. The molecule has 8 heteroatoms. The maximum Gasteiger partial charge on any atom is 0.258 e. The second-order valence-electron chi connectivity index (χ2n) is 8.25. The Morgan fingerprint density at radius 3 is 2.86 bits per heavy atom. The molecule has 4 aromatic rings. The van der Waals surface area contributed by atoms with Crippen molar-refractivity contribution in [2.75, 3.05) is 13.2 Å². The van der Waals surface area contributed by atoms with Crippen LogP contribution < -0.4 is 15.8 Å². The molecule has 1 aliphatic rings. The number of carbonyl (C=O) groups excluding carboxylic acids is 2. The fourth-order valence-corrected chi connectivity index (χ4v) is 4.03. The Labute approximate surface area is 202 Å². The molecule has 0 saturated heterocycles. The summed E-state index contributed by atoms with van der Waals surface area (Å²) >= 11 is 0. The summed E-state index contributed by atoms with van der Waals surface area (Å²) in [6, 6.07) is 17.5. The van der Waals surface area contributed by atoms with Crippen molar-refractivity contribution in [2.45, 2.75) is 13.0 Å². The Morgan fingerprint density at radius 2 is 2.03 bits per heavy atom. The number of aromatic nitrogens is 3. The van der Waals surface area contributed by atoms with E-state index < -0.39 is 0 Å². The number of hydrogen-bond donors (Lipinski definition) is 3. The number of fused-ring (bicyclic) bond motifs is 1. The molecule has 0 radical (unpaired) electrons. The summed E-state index contributed by atoms with van der Waals surface area (Å²) < 4.78 is 7.45. The van der Waals surface area contributed by atoms with E-state index in [2.05, 4.69) is 15.4 Å². The summed E-state index contributed by atoms with van der Waals surface area (Å²) in [5.74, 6) is 0.389. The smallest absolute Gasteiger partial charge is 0.258 e. The highest BCUT2D eigenvalue weighted by atomic mass is 16.5. The molecule has 4 N–H and O–H groups in total. The third-order valence-corrected chi connectivity index (χ3v) is 5.74. The first-order valence-corrected chi connectivity index (χ1v) is 11.4. The Morgan fingerprint density at radius 1 is 1.17 bits per heavy atom. The molecule has 176 valence electrons. The van der Waals surface area contributed by atoms with E-state index in [0.717, 1.165) is 16.5 Å². The van der Waals surface area contributed by atoms with Gasteiger partial charge in [-0.25, -0.2) is 0 Å². The van der Waals surface area contributed by atoms with Crippen molar-refractivity contribution >= 4 is 28.2 Å². The zero-order valence-electron chi connectivity index (χ0n) is 19.0. The van der Waals surface area contributed by atoms with Crippen molar-refractivity contribution in [1.29, 1.82) is 0 Å². The molecular weight excluding hydrogens is 442 g/mol. The van der Waals surface area contributed by atoms with Crippen LogP contribution in [-0.2, 0) is 11.3 Å². The van der Waals surface area contributed by atoms with E-state index in [9.17, 15) is 9.59 Å². The van der Waals surface area contributed by atoms with E-state index in [4.69, 9.17) is 10.5 Å². The van der Waals surface area contributed by atoms with Gasteiger partial charge in [-0.15, -0.1) is 0 Å². The lowest BCUT2D eigenvalue weighted by Crippen LogP contribution is -2.23. The van der Waals surface area contributed by atoms with E-state index in [1.54, 1.807) is 23.0 Å². The molecule has 0 atom stereocenters. The lowest BCUT2D eigenvalue weighted by atomic mass is 9.98. The van der Waals surface area contributed by atoms with Gasteiger partial charge in [0.2, 0.25) is 0 Å². The first-order valence-electron chi connectivity index (χ1n) is 11.4. The number of nitrogens with two attached hydrogens (primary N) is 1. The van der Waals surface area contributed by atoms with E-state index in [-0.39, 0.29) is 18.1 Å². The van der Waals surface area contributed by atoms with Crippen LogP contribution in [0.25, 0.3) is 16.5 Å². The van der Waals surface area contributed by atoms with Crippen molar-refractivity contribution in [2.24, 2.45) is 5.73 Å². The largest absolute Gasteiger partial charge is 0.492 e. The summed E-state index contributed by atoms with van der Waals surface area (Å²) in [4.78, 5) is 28.8. The average Bonchev–Trinajstić information content (AvgIpc) is 3.52. The molecule has 2 heterocycles. The molecular formula is C27H25N5O3. The van der Waals surface area contributed by atoms with E-state index in [0.29, 0.717) is 48.0 Å². The van der Waals surface area contributed by atoms with Crippen molar-refractivity contribution in [3.8, 4) is 5.75 Å². The number of ether oxygens (including phenoxy) is 1. The monoisotopic (exact) mass is 467 g/mol. The number of nitrogens with zero attached hydrogens (tertiary/aromatic N) is 2. The number of ketones is 1. The van der Waals surface area contributed by atoms with Crippen LogP contribution in [0.3, 0.4) is 0 Å². The van der Waals surface area contributed by atoms with E-state index in [1.807, 2.05) is 54.6 Å². The number of rotatable bonds is 8. The third kappa shape index (κ3) is 4.92. The molecule has 5 rings (SSSR count). The van der Waals surface area contributed by atoms with Gasteiger partial charge in [-0.1, -0.05) is 42.5 Å². The van der Waals surface area contributed by atoms with Gasteiger partial charge in [-0.2, -0.15) is 5.10 Å².